The zero-order valence-corrected chi connectivity index (χ0v) is 13.3. The second-order valence-electron chi connectivity index (χ2n) is 5.00. The lowest BCUT2D eigenvalue weighted by molar-refractivity contribution is 0.0978. The number of benzene rings is 1. The second kappa shape index (κ2) is 7.73. The Hall–Kier alpha value is -0.630. The molecule has 2 heteroatoms. The van der Waals surface area contributed by atoms with Crippen molar-refractivity contribution >= 4 is 21.7 Å². The standard InChI is InChI=1S/C16H23BrO/c1-4-5-6-7-8-9-16(18)14-10-13(3)15(17)11-12(14)2/h10-11H,4-9H2,1-3H3. The number of unbranched alkanes of at least 4 members (excludes halogenated alkanes) is 4. The molecule has 1 nitrogen and oxygen atoms in total. The highest BCUT2D eigenvalue weighted by atomic mass is 79.9. The summed E-state index contributed by atoms with van der Waals surface area (Å²) in [6.07, 6.45) is 6.67. The van der Waals surface area contributed by atoms with Gasteiger partial charge in [0.2, 0.25) is 0 Å². The lowest BCUT2D eigenvalue weighted by atomic mass is 9.98. The molecule has 0 aliphatic carbocycles. The van der Waals surface area contributed by atoms with Crippen molar-refractivity contribution in [2.75, 3.05) is 0 Å². The molecule has 0 aliphatic heterocycles. The summed E-state index contributed by atoms with van der Waals surface area (Å²) in [6, 6.07) is 4.05. The minimum atomic E-state index is 0.291. The molecule has 0 saturated heterocycles. The van der Waals surface area contributed by atoms with Crippen LogP contribution in [-0.4, -0.2) is 5.78 Å². The highest BCUT2D eigenvalue weighted by molar-refractivity contribution is 9.10. The van der Waals surface area contributed by atoms with Crippen LogP contribution < -0.4 is 0 Å². The number of aryl methyl sites for hydroxylation is 2. The van der Waals surface area contributed by atoms with E-state index >= 15 is 0 Å². The molecule has 0 heterocycles. The van der Waals surface area contributed by atoms with Gasteiger partial charge in [0.1, 0.15) is 0 Å². The Morgan fingerprint density at radius 2 is 1.72 bits per heavy atom. The van der Waals surface area contributed by atoms with Crippen LogP contribution in [0.25, 0.3) is 0 Å². The summed E-state index contributed by atoms with van der Waals surface area (Å²) in [5, 5.41) is 0. The van der Waals surface area contributed by atoms with Gasteiger partial charge in [-0.1, -0.05) is 48.5 Å². The Morgan fingerprint density at radius 1 is 1.06 bits per heavy atom. The van der Waals surface area contributed by atoms with Crippen LogP contribution in [0, 0.1) is 13.8 Å². The van der Waals surface area contributed by atoms with E-state index in [1.807, 2.05) is 26.0 Å². The SMILES string of the molecule is CCCCCCCC(=O)c1cc(C)c(Br)cc1C. The van der Waals surface area contributed by atoms with Crippen LogP contribution in [0.5, 0.6) is 0 Å². The van der Waals surface area contributed by atoms with E-state index in [-0.39, 0.29) is 0 Å². The Labute approximate surface area is 119 Å². The van der Waals surface area contributed by atoms with Crippen LogP contribution in [0.1, 0.15) is 66.9 Å². The molecule has 100 valence electrons. The molecule has 0 bridgehead atoms. The summed E-state index contributed by atoms with van der Waals surface area (Å²) in [6.45, 7) is 6.25. The van der Waals surface area contributed by atoms with Gasteiger partial charge in [-0.25, -0.2) is 0 Å². The van der Waals surface area contributed by atoms with Gasteiger partial charge in [0.05, 0.1) is 0 Å². The van der Waals surface area contributed by atoms with Gasteiger partial charge in [0.15, 0.2) is 5.78 Å². The largest absolute Gasteiger partial charge is 0.294 e. The quantitative estimate of drug-likeness (QED) is 0.472. The van der Waals surface area contributed by atoms with Crippen LogP contribution in [-0.2, 0) is 0 Å². The van der Waals surface area contributed by atoms with Crippen LogP contribution in [0.3, 0.4) is 0 Å². The lowest BCUT2D eigenvalue weighted by Crippen LogP contribution is -2.02. The van der Waals surface area contributed by atoms with E-state index in [4.69, 9.17) is 0 Å². The van der Waals surface area contributed by atoms with Crippen molar-refractivity contribution in [3.8, 4) is 0 Å². The van der Waals surface area contributed by atoms with Gasteiger partial charge in [0.25, 0.3) is 0 Å². The number of halogens is 1. The molecule has 0 saturated carbocycles. The van der Waals surface area contributed by atoms with Crippen molar-refractivity contribution in [2.45, 2.75) is 59.3 Å². The lowest BCUT2D eigenvalue weighted by Gasteiger charge is -2.08. The first kappa shape index (κ1) is 15.4. The highest BCUT2D eigenvalue weighted by Gasteiger charge is 2.10. The number of hydrogen-bond acceptors (Lipinski definition) is 1. The summed E-state index contributed by atoms with van der Waals surface area (Å²) in [4.78, 5) is 12.1. The maximum Gasteiger partial charge on any atom is 0.163 e. The van der Waals surface area contributed by atoms with Gasteiger partial charge in [-0.05, 0) is 43.5 Å². The first-order valence-corrected chi connectivity index (χ1v) is 7.65. The summed E-state index contributed by atoms with van der Waals surface area (Å²) in [5.41, 5.74) is 3.10. The van der Waals surface area contributed by atoms with Gasteiger partial charge >= 0.3 is 0 Å². The van der Waals surface area contributed by atoms with Crippen molar-refractivity contribution in [2.24, 2.45) is 0 Å². The molecule has 0 atom stereocenters. The van der Waals surface area contributed by atoms with E-state index < -0.39 is 0 Å². The van der Waals surface area contributed by atoms with Crippen molar-refractivity contribution in [3.05, 3.63) is 33.3 Å². The van der Waals surface area contributed by atoms with E-state index in [9.17, 15) is 4.79 Å². The van der Waals surface area contributed by atoms with Crippen molar-refractivity contribution in [1.29, 1.82) is 0 Å². The number of ketones is 1. The Morgan fingerprint density at radius 3 is 2.39 bits per heavy atom. The summed E-state index contributed by atoms with van der Waals surface area (Å²) in [5.74, 6) is 0.291. The minimum absolute atomic E-state index is 0.291. The maximum atomic E-state index is 12.1. The topological polar surface area (TPSA) is 17.1 Å². The number of hydrogen-bond donors (Lipinski definition) is 0. The van der Waals surface area contributed by atoms with Crippen LogP contribution in [0.4, 0.5) is 0 Å². The number of Topliss-reactive ketones (excluding diaryl/α,β-unsaturated/α-hetero) is 1. The van der Waals surface area contributed by atoms with E-state index in [0.717, 1.165) is 27.6 Å². The molecule has 0 aliphatic rings. The molecule has 18 heavy (non-hydrogen) atoms. The third kappa shape index (κ3) is 4.56. The first-order valence-electron chi connectivity index (χ1n) is 6.86. The molecule has 0 N–H and O–H groups in total. The molecule has 0 fully saturated rings. The normalized spacial score (nSPS) is 10.7. The highest BCUT2D eigenvalue weighted by Crippen LogP contribution is 2.22. The number of rotatable bonds is 7. The molecule has 1 rings (SSSR count). The van der Waals surface area contributed by atoms with Crippen molar-refractivity contribution in [3.63, 3.8) is 0 Å². The van der Waals surface area contributed by atoms with Crippen LogP contribution in [0.2, 0.25) is 0 Å². The molecular formula is C16H23BrO. The predicted molar refractivity (Wildman–Crippen MR) is 81.3 cm³/mol. The fraction of sp³-hybridized carbons (Fsp3) is 0.562. The fourth-order valence-electron chi connectivity index (χ4n) is 2.11. The zero-order chi connectivity index (χ0) is 13.5. The van der Waals surface area contributed by atoms with Gasteiger partial charge in [-0.3, -0.25) is 4.79 Å². The molecule has 1 aromatic carbocycles. The molecule has 0 spiro atoms. The summed E-state index contributed by atoms with van der Waals surface area (Å²) < 4.78 is 1.08. The van der Waals surface area contributed by atoms with Gasteiger partial charge in [-0.2, -0.15) is 0 Å². The first-order chi connectivity index (χ1) is 8.56. The van der Waals surface area contributed by atoms with Crippen LogP contribution in [0.15, 0.2) is 16.6 Å². The zero-order valence-electron chi connectivity index (χ0n) is 11.7. The maximum absolute atomic E-state index is 12.1. The van der Waals surface area contributed by atoms with E-state index in [2.05, 4.69) is 22.9 Å². The van der Waals surface area contributed by atoms with Crippen LogP contribution >= 0.6 is 15.9 Å². The molecule has 1 aromatic rings. The third-order valence-corrected chi connectivity index (χ3v) is 4.17. The van der Waals surface area contributed by atoms with Gasteiger partial charge < -0.3 is 0 Å². The Kier molecular flexibility index (Phi) is 6.62. The van der Waals surface area contributed by atoms with Crippen molar-refractivity contribution in [1.82, 2.24) is 0 Å². The summed E-state index contributed by atoms with van der Waals surface area (Å²) in [7, 11) is 0. The monoisotopic (exact) mass is 310 g/mol. The summed E-state index contributed by atoms with van der Waals surface area (Å²) >= 11 is 3.50. The smallest absolute Gasteiger partial charge is 0.163 e. The molecule has 0 aromatic heterocycles. The van der Waals surface area contributed by atoms with Gasteiger partial charge in [-0.15, -0.1) is 0 Å². The minimum Gasteiger partial charge on any atom is -0.294 e. The Bertz CT molecular complexity index is 410. The molecule has 0 radical (unpaired) electrons. The van der Waals surface area contributed by atoms with E-state index in [1.54, 1.807) is 0 Å². The average Bonchev–Trinajstić information content (AvgIpc) is 2.33. The number of carbonyl (C=O) groups excluding carboxylic acids is 1. The number of carbonyl (C=O) groups is 1. The fourth-order valence-corrected chi connectivity index (χ4v) is 2.56. The van der Waals surface area contributed by atoms with E-state index in [0.29, 0.717) is 12.2 Å². The average molecular weight is 311 g/mol. The Balaban J connectivity index is 2.54. The third-order valence-electron chi connectivity index (χ3n) is 3.31. The molecule has 0 unspecified atom stereocenters. The second-order valence-corrected chi connectivity index (χ2v) is 5.86. The molecule has 0 amide bonds. The van der Waals surface area contributed by atoms with Crippen molar-refractivity contribution < 1.29 is 4.79 Å². The van der Waals surface area contributed by atoms with E-state index in [1.165, 1.54) is 25.7 Å². The molecular weight excluding hydrogens is 288 g/mol. The van der Waals surface area contributed by atoms with Gasteiger partial charge in [0, 0.05) is 16.5 Å². The predicted octanol–water partition coefficient (Wildman–Crippen LogP) is 5.61.